The predicted molar refractivity (Wildman–Crippen MR) is 75.4 cm³/mol. The molecule has 94 valence electrons. The van der Waals surface area contributed by atoms with Gasteiger partial charge in [0.1, 0.15) is 12.1 Å². The Hall–Kier alpha value is -1.90. The van der Waals surface area contributed by atoms with Crippen molar-refractivity contribution >= 4 is 11.5 Å². The molecule has 1 aromatic heterocycles. The summed E-state index contributed by atoms with van der Waals surface area (Å²) in [6.45, 7) is 6.36. The zero-order valence-electron chi connectivity index (χ0n) is 11.4. The van der Waals surface area contributed by atoms with Crippen LogP contribution in [0.3, 0.4) is 0 Å². The molecule has 0 aliphatic rings. The summed E-state index contributed by atoms with van der Waals surface area (Å²) in [5.41, 5.74) is 3.46. The first-order valence-corrected chi connectivity index (χ1v) is 6.20. The molecule has 0 atom stereocenters. The third kappa shape index (κ3) is 2.67. The van der Waals surface area contributed by atoms with Crippen LogP contribution in [0, 0.1) is 6.92 Å². The monoisotopic (exact) mass is 241 g/mol. The molecule has 0 bridgehead atoms. The highest BCUT2D eigenvalue weighted by atomic mass is 15.2. The van der Waals surface area contributed by atoms with Gasteiger partial charge in [-0.25, -0.2) is 9.97 Å². The normalized spacial score (nSPS) is 10.7. The van der Waals surface area contributed by atoms with E-state index >= 15 is 0 Å². The third-order valence-electron chi connectivity index (χ3n) is 3.03. The lowest BCUT2D eigenvalue weighted by atomic mass is 10.1. The van der Waals surface area contributed by atoms with Gasteiger partial charge in [0, 0.05) is 24.5 Å². The summed E-state index contributed by atoms with van der Waals surface area (Å²) < 4.78 is 0. The van der Waals surface area contributed by atoms with E-state index in [4.69, 9.17) is 0 Å². The van der Waals surface area contributed by atoms with Gasteiger partial charge in [0.15, 0.2) is 0 Å². The molecule has 3 heteroatoms. The average molecular weight is 241 g/mol. The van der Waals surface area contributed by atoms with E-state index in [1.807, 2.05) is 13.1 Å². The molecule has 1 aromatic carbocycles. The van der Waals surface area contributed by atoms with Gasteiger partial charge < -0.3 is 4.90 Å². The van der Waals surface area contributed by atoms with Gasteiger partial charge in [-0.1, -0.05) is 31.5 Å². The van der Waals surface area contributed by atoms with Gasteiger partial charge in [0.05, 0.1) is 0 Å². The molecular weight excluding hydrogens is 222 g/mol. The Balaban J connectivity index is 2.30. The number of aryl methyl sites for hydroxylation is 1. The molecule has 0 amide bonds. The Morgan fingerprint density at radius 3 is 2.33 bits per heavy atom. The van der Waals surface area contributed by atoms with E-state index in [2.05, 4.69) is 59.9 Å². The predicted octanol–water partition coefficient (Wildman–Crippen LogP) is 3.68. The zero-order valence-corrected chi connectivity index (χ0v) is 11.4. The van der Waals surface area contributed by atoms with E-state index in [0.29, 0.717) is 5.92 Å². The van der Waals surface area contributed by atoms with Crippen molar-refractivity contribution < 1.29 is 0 Å². The lowest BCUT2D eigenvalue weighted by Gasteiger charge is -2.19. The first-order valence-electron chi connectivity index (χ1n) is 6.20. The standard InChI is InChI=1S/C15H19N3/c1-11(2)14-9-15(17-10-16-14)18(4)13-7-5-12(3)6-8-13/h5-11H,1-4H3. The lowest BCUT2D eigenvalue weighted by Crippen LogP contribution is -2.12. The molecule has 0 saturated heterocycles. The topological polar surface area (TPSA) is 29.0 Å². The van der Waals surface area contributed by atoms with Crippen molar-refractivity contribution in [1.82, 2.24) is 9.97 Å². The second-order valence-corrected chi connectivity index (χ2v) is 4.85. The summed E-state index contributed by atoms with van der Waals surface area (Å²) in [5.74, 6) is 1.34. The van der Waals surface area contributed by atoms with E-state index in [1.165, 1.54) is 5.56 Å². The highest BCUT2D eigenvalue weighted by Crippen LogP contribution is 2.23. The summed E-state index contributed by atoms with van der Waals surface area (Å²) in [7, 11) is 2.02. The van der Waals surface area contributed by atoms with E-state index < -0.39 is 0 Å². The van der Waals surface area contributed by atoms with E-state index in [0.717, 1.165) is 17.2 Å². The van der Waals surface area contributed by atoms with Crippen LogP contribution < -0.4 is 4.90 Å². The molecule has 2 aromatic rings. The molecule has 2 rings (SSSR count). The largest absolute Gasteiger partial charge is 0.329 e. The lowest BCUT2D eigenvalue weighted by molar-refractivity contribution is 0.812. The molecule has 0 radical (unpaired) electrons. The number of rotatable bonds is 3. The van der Waals surface area contributed by atoms with Gasteiger partial charge in [0.25, 0.3) is 0 Å². The van der Waals surface area contributed by atoms with Crippen LogP contribution in [0.25, 0.3) is 0 Å². The Morgan fingerprint density at radius 2 is 1.72 bits per heavy atom. The number of anilines is 2. The van der Waals surface area contributed by atoms with Gasteiger partial charge >= 0.3 is 0 Å². The molecule has 0 fully saturated rings. The summed E-state index contributed by atoms with van der Waals surface area (Å²) in [5, 5.41) is 0. The average Bonchev–Trinajstić information content (AvgIpc) is 2.39. The fourth-order valence-corrected chi connectivity index (χ4v) is 1.76. The quantitative estimate of drug-likeness (QED) is 0.821. The smallest absolute Gasteiger partial charge is 0.136 e. The SMILES string of the molecule is Cc1ccc(N(C)c2cc(C(C)C)ncn2)cc1. The number of aromatic nitrogens is 2. The Morgan fingerprint density at radius 1 is 1.06 bits per heavy atom. The van der Waals surface area contributed by atoms with Crippen LogP contribution in [-0.2, 0) is 0 Å². The van der Waals surface area contributed by atoms with Gasteiger partial charge in [-0.3, -0.25) is 0 Å². The number of hydrogen-bond donors (Lipinski definition) is 0. The van der Waals surface area contributed by atoms with Crippen LogP contribution >= 0.6 is 0 Å². The van der Waals surface area contributed by atoms with Crippen molar-refractivity contribution in [3.63, 3.8) is 0 Å². The van der Waals surface area contributed by atoms with Crippen molar-refractivity contribution in [2.24, 2.45) is 0 Å². The molecule has 0 spiro atoms. The molecule has 1 heterocycles. The molecule has 18 heavy (non-hydrogen) atoms. The minimum absolute atomic E-state index is 0.415. The summed E-state index contributed by atoms with van der Waals surface area (Å²) in [6.07, 6.45) is 1.63. The Labute approximate surface area is 109 Å². The highest BCUT2D eigenvalue weighted by Gasteiger charge is 2.08. The van der Waals surface area contributed by atoms with E-state index in [-0.39, 0.29) is 0 Å². The van der Waals surface area contributed by atoms with Crippen LogP contribution in [0.15, 0.2) is 36.7 Å². The van der Waals surface area contributed by atoms with Crippen molar-refractivity contribution in [2.45, 2.75) is 26.7 Å². The maximum absolute atomic E-state index is 4.34. The number of benzene rings is 1. The second kappa shape index (κ2) is 5.17. The highest BCUT2D eigenvalue weighted by molar-refractivity contribution is 5.59. The van der Waals surface area contributed by atoms with Crippen LogP contribution in [-0.4, -0.2) is 17.0 Å². The molecule has 0 aliphatic carbocycles. The molecule has 0 saturated carbocycles. The third-order valence-corrected chi connectivity index (χ3v) is 3.03. The maximum Gasteiger partial charge on any atom is 0.136 e. The number of hydrogen-bond acceptors (Lipinski definition) is 3. The van der Waals surface area contributed by atoms with Crippen LogP contribution in [0.2, 0.25) is 0 Å². The Kier molecular flexibility index (Phi) is 3.60. The first kappa shape index (κ1) is 12.6. The Bertz CT molecular complexity index is 518. The zero-order chi connectivity index (χ0) is 13.1. The van der Waals surface area contributed by atoms with E-state index in [1.54, 1.807) is 6.33 Å². The van der Waals surface area contributed by atoms with Crippen molar-refractivity contribution in [2.75, 3.05) is 11.9 Å². The van der Waals surface area contributed by atoms with Crippen LogP contribution in [0.4, 0.5) is 11.5 Å². The second-order valence-electron chi connectivity index (χ2n) is 4.85. The van der Waals surface area contributed by atoms with Crippen molar-refractivity contribution in [3.05, 3.63) is 47.9 Å². The fraction of sp³-hybridized carbons (Fsp3) is 0.333. The van der Waals surface area contributed by atoms with Crippen LogP contribution in [0.5, 0.6) is 0 Å². The minimum Gasteiger partial charge on any atom is -0.329 e. The molecule has 0 aliphatic heterocycles. The van der Waals surface area contributed by atoms with Gasteiger partial charge in [-0.05, 0) is 25.0 Å². The molecule has 0 unspecified atom stereocenters. The molecule has 3 nitrogen and oxygen atoms in total. The van der Waals surface area contributed by atoms with E-state index in [9.17, 15) is 0 Å². The molecule has 0 N–H and O–H groups in total. The van der Waals surface area contributed by atoms with Gasteiger partial charge in [-0.15, -0.1) is 0 Å². The summed E-state index contributed by atoms with van der Waals surface area (Å²) in [6, 6.07) is 10.5. The minimum atomic E-state index is 0.415. The van der Waals surface area contributed by atoms with Gasteiger partial charge in [0.2, 0.25) is 0 Å². The van der Waals surface area contributed by atoms with Crippen molar-refractivity contribution in [1.29, 1.82) is 0 Å². The number of nitrogens with zero attached hydrogens (tertiary/aromatic N) is 3. The van der Waals surface area contributed by atoms with Crippen LogP contribution in [0.1, 0.15) is 31.0 Å². The fourth-order valence-electron chi connectivity index (χ4n) is 1.76. The van der Waals surface area contributed by atoms with Crippen molar-refractivity contribution in [3.8, 4) is 0 Å². The molecular formula is C15H19N3. The van der Waals surface area contributed by atoms with Gasteiger partial charge in [-0.2, -0.15) is 0 Å². The maximum atomic E-state index is 4.34. The summed E-state index contributed by atoms with van der Waals surface area (Å²) >= 11 is 0. The first-order chi connectivity index (χ1) is 8.58. The summed E-state index contributed by atoms with van der Waals surface area (Å²) in [4.78, 5) is 10.7.